The van der Waals surface area contributed by atoms with Crippen LogP contribution in [0.5, 0.6) is 0 Å². The van der Waals surface area contributed by atoms with Gasteiger partial charge in [-0.25, -0.2) is 0 Å². The van der Waals surface area contributed by atoms with Crippen molar-refractivity contribution in [3.63, 3.8) is 0 Å². The van der Waals surface area contributed by atoms with Gasteiger partial charge < -0.3 is 10.5 Å². The molecular formula is C12H22N2O2. The number of likely N-dealkylation sites (N-methyl/N-ethyl adjacent to an activating group) is 1. The van der Waals surface area contributed by atoms with Crippen molar-refractivity contribution in [2.24, 2.45) is 11.7 Å². The fraction of sp³-hybridized carbons (Fsp3) is 0.917. The van der Waals surface area contributed by atoms with Crippen molar-refractivity contribution in [1.29, 1.82) is 0 Å². The summed E-state index contributed by atoms with van der Waals surface area (Å²) in [5.41, 5.74) is 5.82. The molecule has 3 unspecified atom stereocenters. The van der Waals surface area contributed by atoms with Crippen molar-refractivity contribution in [3.8, 4) is 0 Å². The lowest BCUT2D eigenvalue weighted by molar-refractivity contribution is -0.143. The lowest BCUT2D eigenvalue weighted by Crippen LogP contribution is -2.49. The second kappa shape index (κ2) is 5.15. The highest BCUT2D eigenvalue weighted by Crippen LogP contribution is 2.29. The van der Waals surface area contributed by atoms with E-state index >= 15 is 0 Å². The van der Waals surface area contributed by atoms with Crippen LogP contribution in [0.2, 0.25) is 0 Å². The maximum absolute atomic E-state index is 11.6. The minimum absolute atomic E-state index is 0.0304. The summed E-state index contributed by atoms with van der Waals surface area (Å²) < 4.78 is 5.03. The predicted octanol–water partition coefficient (Wildman–Crippen LogP) is 0.751. The topological polar surface area (TPSA) is 55.6 Å². The minimum atomic E-state index is -0.0520. The second-order valence-electron chi connectivity index (χ2n) is 4.99. The molecule has 0 amide bonds. The molecule has 2 aliphatic rings. The first-order valence-corrected chi connectivity index (χ1v) is 6.32. The Bertz CT molecular complexity index is 257. The molecule has 0 spiro atoms. The first kappa shape index (κ1) is 11.9. The van der Waals surface area contributed by atoms with Gasteiger partial charge in [0.05, 0.1) is 6.61 Å². The average Bonchev–Trinajstić information content (AvgIpc) is 2.74. The normalized spacial score (nSPS) is 35.4. The van der Waals surface area contributed by atoms with Gasteiger partial charge in [0.25, 0.3) is 0 Å². The zero-order valence-corrected chi connectivity index (χ0v) is 10.0. The Kier molecular flexibility index (Phi) is 3.82. The molecule has 3 atom stereocenters. The third-order valence-electron chi connectivity index (χ3n) is 4.09. The molecule has 1 saturated heterocycles. The number of ether oxygens (including phenoxy) is 1. The highest BCUT2D eigenvalue weighted by Gasteiger charge is 2.37. The third-order valence-corrected chi connectivity index (χ3v) is 4.09. The second-order valence-corrected chi connectivity index (χ2v) is 4.99. The molecule has 1 heterocycles. The van der Waals surface area contributed by atoms with Crippen molar-refractivity contribution in [1.82, 2.24) is 4.90 Å². The summed E-state index contributed by atoms with van der Waals surface area (Å²) in [6.45, 7) is 1.31. The van der Waals surface area contributed by atoms with E-state index in [1.54, 1.807) is 0 Å². The largest absolute Gasteiger partial charge is 0.464 e. The van der Waals surface area contributed by atoms with Crippen molar-refractivity contribution in [2.75, 3.05) is 20.2 Å². The molecule has 1 aliphatic heterocycles. The van der Waals surface area contributed by atoms with E-state index in [0.29, 0.717) is 18.6 Å². The molecule has 92 valence electrons. The summed E-state index contributed by atoms with van der Waals surface area (Å²) in [5, 5.41) is 0. The summed E-state index contributed by atoms with van der Waals surface area (Å²) >= 11 is 0. The van der Waals surface area contributed by atoms with Crippen LogP contribution in [0.1, 0.15) is 32.1 Å². The van der Waals surface area contributed by atoms with Crippen LogP contribution in [0, 0.1) is 5.92 Å². The van der Waals surface area contributed by atoms with Crippen LogP contribution in [0.25, 0.3) is 0 Å². The van der Waals surface area contributed by atoms with Gasteiger partial charge in [0, 0.05) is 12.5 Å². The fourth-order valence-corrected chi connectivity index (χ4v) is 3.09. The minimum Gasteiger partial charge on any atom is -0.464 e. The number of rotatable bonds is 3. The number of carbonyl (C=O) groups is 1. The summed E-state index contributed by atoms with van der Waals surface area (Å²) in [6.07, 6.45) is 5.74. The smallest absolute Gasteiger partial charge is 0.323 e. The van der Waals surface area contributed by atoms with E-state index in [0.717, 1.165) is 13.0 Å². The molecule has 0 bridgehead atoms. The van der Waals surface area contributed by atoms with E-state index in [9.17, 15) is 4.79 Å². The number of carbonyl (C=O) groups excluding carboxylic acids is 1. The van der Waals surface area contributed by atoms with Gasteiger partial charge in [-0.05, 0) is 32.4 Å². The van der Waals surface area contributed by atoms with Gasteiger partial charge in [-0.1, -0.05) is 12.8 Å². The number of hydrogen-bond donors (Lipinski definition) is 1. The Balaban J connectivity index is 2.01. The number of nitrogens with zero attached hydrogens (tertiary/aromatic N) is 1. The summed E-state index contributed by atoms with van der Waals surface area (Å²) in [7, 11) is 2.05. The zero-order valence-electron chi connectivity index (χ0n) is 10.0. The van der Waals surface area contributed by atoms with Gasteiger partial charge in [0.15, 0.2) is 0 Å². The Morgan fingerprint density at radius 1 is 1.38 bits per heavy atom. The summed E-state index contributed by atoms with van der Waals surface area (Å²) in [6, 6.07) is 0.437. The summed E-state index contributed by atoms with van der Waals surface area (Å²) in [4.78, 5) is 13.8. The number of hydrogen-bond acceptors (Lipinski definition) is 4. The zero-order chi connectivity index (χ0) is 11.5. The molecule has 2 rings (SSSR count). The van der Waals surface area contributed by atoms with Crippen molar-refractivity contribution < 1.29 is 9.53 Å². The molecule has 2 N–H and O–H groups in total. The molecule has 1 aliphatic carbocycles. The molecule has 4 heteroatoms. The van der Waals surface area contributed by atoms with Crippen molar-refractivity contribution in [3.05, 3.63) is 0 Å². The number of nitrogens with two attached hydrogens (primary N) is 1. The van der Waals surface area contributed by atoms with Crippen LogP contribution in [0.4, 0.5) is 0 Å². The SMILES string of the molecule is CN(C1CCOC1=O)C1CCCCC1CN. The number of cyclic esters (lactones) is 1. The highest BCUT2D eigenvalue weighted by molar-refractivity contribution is 5.77. The van der Waals surface area contributed by atoms with Crippen LogP contribution in [0.3, 0.4) is 0 Å². The van der Waals surface area contributed by atoms with E-state index in [4.69, 9.17) is 10.5 Å². The molecule has 1 saturated carbocycles. The predicted molar refractivity (Wildman–Crippen MR) is 61.9 cm³/mol. The van der Waals surface area contributed by atoms with Gasteiger partial charge in [-0.15, -0.1) is 0 Å². The van der Waals surface area contributed by atoms with Gasteiger partial charge in [-0.2, -0.15) is 0 Å². The quantitative estimate of drug-likeness (QED) is 0.722. The first-order chi connectivity index (χ1) is 7.74. The molecule has 16 heavy (non-hydrogen) atoms. The summed E-state index contributed by atoms with van der Waals surface area (Å²) in [5.74, 6) is 0.496. The van der Waals surface area contributed by atoms with Gasteiger partial charge in [-0.3, -0.25) is 9.69 Å². The van der Waals surface area contributed by atoms with Crippen LogP contribution in [-0.4, -0.2) is 43.2 Å². The van der Waals surface area contributed by atoms with Gasteiger partial charge >= 0.3 is 5.97 Å². The van der Waals surface area contributed by atoms with Gasteiger partial charge in [0.1, 0.15) is 6.04 Å². The van der Waals surface area contributed by atoms with E-state index in [-0.39, 0.29) is 12.0 Å². The number of esters is 1. The van der Waals surface area contributed by atoms with Crippen LogP contribution in [-0.2, 0) is 9.53 Å². The Hall–Kier alpha value is -0.610. The van der Waals surface area contributed by atoms with Gasteiger partial charge in [0.2, 0.25) is 0 Å². The molecule has 0 aromatic heterocycles. The van der Waals surface area contributed by atoms with Crippen molar-refractivity contribution in [2.45, 2.75) is 44.2 Å². The van der Waals surface area contributed by atoms with Crippen molar-refractivity contribution >= 4 is 5.97 Å². The molecule has 0 aromatic rings. The Morgan fingerprint density at radius 3 is 2.75 bits per heavy atom. The van der Waals surface area contributed by atoms with E-state index < -0.39 is 0 Å². The monoisotopic (exact) mass is 226 g/mol. The maximum Gasteiger partial charge on any atom is 0.323 e. The standard InChI is InChI=1S/C12H22N2O2/c1-14(11-6-7-16-12(11)15)10-5-3-2-4-9(10)8-13/h9-11H,2-8,13H2,1H3. The lowest BCUT2D eigenvalue weighted by atomic mass is 9.83. The maximum atomic E-state index is 11.6. The van der Waals surface area contributed by atoms with Crippen LogP contribution < -0.4 is 5.73 Å². The first-order valence-electron chi connectivity index (χ1n) is 6.32. The molecule has 2 fully saturated rings. The van der Waals surface area contributed by atoms with Crippen LogP contribution >= 0.6 is 0 Å². The molecule has 4 nitrogen and oxygen atoms in total. The van der Waals surface area contributed by atoms with E-state index in [1.165, 1.54) is 25.7 Å². The lowest BCUT2D eigenvalue weighted by Gasteiger charge is -2.39. The molecule has 0 radical (unpaired) electrons. The molecule has 0 aromatic carbocycles. The fourth-order valence-electron chi connectivity index (χ4n) is 3.09. The van der Waals surface area contributed by atoms with E-state index in [2.05, 4.69) is 11.9 Å². The Labute approximate surface area is 97.1 Å². The highest BCUT2D eigenvalue weighted by atomic mass is 16.5. The van der Waals surface area contributed by atoms with Crippen LogP contribution in [0.15, 0.2) is 0 Å². The average molecular weight is 226 g/mol. The molecular weight excluding hydrogens is 204 g/mol. The van der Waals surface area contributed by atoms with E-state index in [1.807, 2.05) is 0 Å². The Morgan fingerprint density at radius 2 is 2.12 bits per heavy atom. The third kappa shape index (κ3) is 2.23.